The van der Waals surface area contributed by atoms with Gasteiger partial charge in [-0.05, 0) is 24.1 Å². The first kappa shape index (κ1) is 11.9. The zero-order valence-electron chi connectivity index (χ0n) is 9.30. The number of nitrogens with zero attached hydrogens (tertiary/aromatic N) is 1. The third-order valence-electron chi connectivity index (χ3n) is 2.94. The minimum atomic E-state index is -1.18. The normalized spacial score (nSPS) is 17.2. The highest BCUT2D eigenvalue weighted by atomic mass is 16.4. The third-order valence-corrected chi connectivity index (χ3v) is 2.94. The SMILES string of the molecule is N#Cc1cc(C(=O)O)c2c(c1)C(C(=O)O)CCN2. The van der Waals surface area contributed by atoms with Gasteiger partial charge in [0.25, 0.3) is 0 Å². The Labute approximate surface area is 102 Å². The van der Waals surface area contributed by atoms with Crippen LogP contribution in [-0.2, 0) is 4.79 Å². The number of aromatic carboxylic acids is 1. The van der Waals surface area contributed by atoms with Crippen molar-refractivity contribution in [1.82, 2.24) is 0 Å². The van der Waals surface area contributed by atoms with E-state index < -0.39 is 17.9 Å². The first-order chi connectivity index (χ1) is 8.54. The van der Waals surface area contributed by atoms with Gasteiger partial charge in [-0.1, -0.05) is 0 Å². The van der Waals surface area contributed by atoms with E-state index in [9.17, 15) is 9.59 Å². The van der Waals surface area contributed by atoms with Gasteiger partial charge in [-0.2, -0.15) is 5.26 Å². The molecule has 1 atom stereocenters. The van der Waals surface area contributed by atoms with Gasteiger partial charge in [0.1, 0.15) is 0 Å². The van der Waals surface area contributed by atoms with Crippen LogP contribution in [0.1, 0.15) is 33.8 Å². The lowest BCUT2D eigenvalue weighted by molar-refractivity contribution is -0.138. The average molecular weight is 246 g/mol. The molecule has 3 N–H and O–H groups in total. The van der Waals surface area contributed by atoms with Crippen LogP contribution >= 0.6 is 0 Å². The topological polar surface area (TPSA) is 110 Å². The van der Waals surface area contributed by atoms with Gasteiger partial charge in [0.15, 0.2) is 0 Å². The van der Waals surface area contributed by atoms with Crippen molar-refractivity contribution in [3.8, 4) is 6.07 Å². The van der Waals surface area contributed by atoms with Gasteiger partial charge >= 0.3 is 11.9 Å². The molecule has 0 fully saturated rings. The second kappa shape index (κ2) is 4.37. The van der Waals surface area contributed by atoms with Gasteiger partial charge in [0.2, 0.25) is 0 Å². The summed E-state index contributed by atoms with van der Waals surface area (Å²) in [7, 11) is 0. The van der Waals surface area contributed by atoms with E-state index in [0.29, 0.717) is 24.2 Å². The Balaban J connectivity index is 2.67. The maximum absolute atomic E-state index is 11.1. The molecule has 0 aliphatic carbocycles. The summed E-state index contributed by atoms with van der Waals surface area (Å²) < 4.78 is 0. The molecule has 1 aliphatic heterocycles. The molecule has 0 bridgehead atoms. The average Bonchev–Trinajstić information content (AvgIpc) is 2.36. The highest BCUT2D eigenvalue weighted by Crippen LogP contribution is 2.35. The van der Waals surface area contributed by atoms with Crippen LogP contribution in [0.4, 0.5) is 5.69 Å². The summed E-state index contributed by atoms with van der Waals surface area (Å²) in [6.45, 7) is 0.399. The van der Waals surface area contributed by atoms with Crippen molar-refractivity contribution in [3.05, 3.63) is 28.8 Å². The molecule has 92 valence electrons. The van der Waals surface area contributed by atoms with Gasteiger partial charge in [-0.15, -0.1) is 0 Å². The second-order valence-corrected chi connectivity index (χ2v) is 4.01. The van der Waals surface area contributed by atoms with Crippen LogP contribution in [-0.4, -0.2) is 28.7 Å². The summed E-state index contributed by atoms with van der Waals surface area (Å²) in [5.41, 5.74) is 0.765. The molecule has 1 unspecified atom stereocenters. The van der Waals surface area contributed by atoms with Gasteiger partial charge in [0, 0.05) is 6.54 Å². The molecule has 2 rings (SSSR count). The zero-order valence-corrected chi connectivity index (χ0v) is 9.30. The molecule has 1 heterocycles. The number of rotatable bonds is 2. The molecule has 6 heteroatoms. The van der Waals surface area contributed by atoms with Crippen LogP contribution in [0.2, 0.25) is 0 Å². The zero-order chi connectivity index (χ0) is 13.3. The fraction of sp³-hybridized carbons (Fsp3) is 0.250. The predicted octanol–water partition coefficient (Wildman–Crippen LogP) is 1.24. The van der Waals surface area contributed by atoms with Gasteiger partial charge < -0.3 is 15.5 Å². The molecule has 0 spiro atoms. The van der Waals surface area contributed by atoms with Crippen LogP contribution in [0.5, 0.6) is 0 Å². The van der Waals surface area contributed by atoms with Crippen molar-refractivity contribution < 1.29 is 19.8 Å². The number of carboxylic acids is 2. The van der Waals surface area contributed by atoms with Crippen LogP contribution < -0.4 is 5.32 Å². The van der Waals surface area contributed by atoms with Crippen LogP contribution in [0.25, 0.3) is 0 Å². The van der Waals surface area contributed by atoms with Crippen molar-refractivity contribution in [2.45, 2.75) is 12.3 Å². The molecule has 0 saturated heterocycles. The Morgan fingerprint density at radius 3 is 2.67 bits per heavy atom. The highest BCUT2D eigenvalue weighted by Gasteiger charge is 2.29. The van der Waals surface area contributed by atoms with Gasteiger partial charge in [-0.3, -0.25) is 4.79 Å². The molecule has 0 saturated carbocycles. The summed E-state index contributed by atoms with van der Waals surface area (Å²) >= 11 is 0. The quantitative estimate of drug-likeness (QED) is 0.724. The Kier molecular flexibility index (Phi) is 2.90. The standard InChI is InChI=1S/C12H10N2O4/c13-5-6-3-8-7(11(15)16)1-2-14-10(8)9(4-6)12(17)18/h3-4,7,14H,1-2H2,(H,15,16)(H,17,18). The van der Waals surface area contributed by atoms with E-state index in [1.54, 1.807) is 0 Å². The van der Waals surface area contributed by atoms with Crippen LogP contribution in [0.3, 0.4) is 0 Å². The number of nitrogens with one attached hydrogen (secondary N) is 1. The molecule has 0 radical (unpaired) electrons. The van der Waals surface area contributed by atoms with Gasteiger partial charge in [0.05, 0.1) is 28.8 Å². The number of benzene rings is 1. The fourth-order valence-corrected chi connectivity index (χ4v) is 2.12. The van der Waals surface area contributed by atoms with Crippen molar-refractivity contribution >= 4 is 17.6 Å². The molecule has 0 amide bonds. The second-order valence-electron chi connectivity index (χ2n) is 4.01. The molecule has 0 aromatic heterocycles. The predicted molar refractivity (Wildman–Crippen MR) is 61.6 cm³/mol. The molecule has 1 aliphatic rings. The van der Waals surface area contributed by atoms with E-state index in [4.69, 9.17) is 15.5 Å². The van der Waals surface area contributed by atoms with E-state index in [2.05, 4.69) is 5.32 Å². The third kappa shape index (κ3) is 1.86. The Morgan fingerprint density at radius 1 is 1.39 bits per heavy atom. The molecule has 1 aromatic carbocycles. The van der Waals surface area contributed by atoms with Crippen molar-refractivity contribution in [1.29, 1.82) is 5.26 Å². The Bertz CT molecular complexity index is 574. The molecular formula is C12H10N2O4. The lowest BCUT2D eigenvalue weighted by Crippen LogP contribution is -2.24. The Hall–Kier alpha value is -2.55. The van der Waals surface area contributed by atoms with E-state index in [-0.39, 0.29) is 11.1 Å². The molecule has 6 nitrogen and oxygen atoms in total. The lowest BCUT2D eigenvalue weighted by Gasteiger charge is -2.25. The lowest BCUT2D eigenvalue weighted by atomic mass is 9.87. The maximum atomic E-state index is 11.1. The molecule has 18 heavy (non-hydrogen) atoms. The molecule has 1 aromatic rings. The summed E-state index contributed by atoms with van der Waals surface area (Å²) in [5, 5.41) is 30.0. The van der Waals surface area contributed by atoms with Gasteiger partial charge in [-0.25, -0.2) is 4.79 Å². The maximum Gasteiger partial charge on any atom is 0.337 e. The summed E-state index contributed by atoms with van der Waals surface area (Å²) in [6.07, 6.45) is 0.371. The van der Waals surface area contributed by atoms with Crippen molar-refractivity contribution in [2.75, 3.05) is 11.9 Å². The van der Waals surface area contributed by atoms with E-state index in [1.807, 2.05) is 6.07 Å². The number of carboxylic acid groups (broad SMARTS) is 2. The van der Waals surface area contributed by atoms with Crippen molar-refractivity contribution in [3.63, 3.8) is 0 Å². The van der Waals surface area contributed by atoms with Crippen molar-refractivity contribution in [2.24, 2.45) is 0 Å². The summed E-state index contributed by atoms with van der Waals surface area (Å²) in [5.74, 6) is -2.96. The minimum absolute atomic E-state index is 0.0602. The first-order valence-electron chi connectivity index (χ1n) is 5.32. The number of aliphatic carboxylic acids is 1. The number of nitriles is 1. The largest absolute Gasteiger partial charge is 0.481 e. The van der Waals surface area contributed by atoms with E-state index in [0.717, 1.165) is 0 Å². The number of anilines is 1. The number of hydrogen-bond donors (Lipinski definition) is 3. The Morgan fingerprint density at radius 2 is 2.11 bits per heavy atom. The minimum Gasteiger partial charge on any atom is -0.481 e. The van der Waals surface area contributed by atoms with E-state index in [1.165, 1.54) is 12.1 Å². The summed E-state index contributed by atoms with van der Waals surface area (Å²) in [4.78, 5) is 22.3. The molecular weight excluding hydrogens is 236 g/mol. The number of hydrogen-bond acceptors (Lipinski definition) is 4. The fourth-order valence-electron chi connectivity index (χ4n) is 2.12. The first-order valence-corrected chi connectivity index (χ1v) is 5.32. The van der Waals surface area contributed by atoms with Crippen LogP contribution in [0, 0.1) is 11.3 Å². The summed E-state index contributed by atoms with van der Waals surface area (Å²) in [6, 6.07) is 4.53. The monoisotopic (exact) mass is 246 g/mol. The smallest absolute Gasteiger partial charge is 0.337 e. The highest BCUT2D eigenvalue weighted by molar-refractivity contribution is 5.97. The van der Waals surface area contributed by atoms with Crippen LogP contribution in [0.15, 0.2) is 12.1 Å². The van der Waals surface area contributed by atoms with E-state index >= 15 is 0 Å². The number of fused-ring (bicyclic) bond motifs is 1. The number of carbonyl (C=O) groups is 2.